The molecule has 0 saturated carbocycles. The van der Waals surface area contributed by atoms with Crippen LogP contribution in [-0.4, -0.2) is 40.3 Å². The van der Waals surface area contributed by atoms with Crippen LogP contribution in [-0.2, 0) is 9.59 Å². The first-order valence-corrected chi connectivity index (χ1v) is 13.7. The maximum atomic E-state index is 13.5. The van der Waals surface area contributed by atoms with Gasteiger partial charge in [-0.1, -0.05) is 0 Å². The quantitative estimate of drug-likeness (QED) is 0.141. The number of amides is 2. The molecular formula is C35H30N2O8. The lowest BCUT2D eigenvalue weighted by Gasteiger charge is -2.08. The number of carbonyl (C=O) groups is 2. The van der Waals surface area contributed by atoms with Gasteiger partial charge in [0.05, 0.1) is 39.2 Å². The number of nitrogens with one attached hydrogen (secondary N) is 2. The zero-order chi connectivity index (χ0) is 31.9. The van der Waals surface area contributed by atoms with Crippen molar-refractivity contribution in [2.24, 2.45) is 0 Å². The van der Waals surface area contributed by atoms with Crippen molar-refractivity contribution in [2.45, 2.75) is 0 Å². The van der Waals surface area contributed by atoms with E-state index in [2.05, 4.69) is 10.6 Å². The summed E-state index contributed by atoms with van der Waals surface area (Å²) in [5, 5.41) is 6.07. The third kappa shape index (κ3) is 6.97. The lowest BCUT2D eigenvalue weighted by molar-refractivity contribution is -0.112. The molecule has 10 heteroatoms. The van der Waals surface area contributed by atoms with Gasteiger partial charge in [-0.2, -0.15) is 0 Å². The number of anilines is 2. The summed E-state index contributed by atoms with van der Waals surface area (Å²) in [6.45, 7) is 0. The van der Waals surface area contributed by atoms with Crippen LogP contribution in [0.15, 0.2) is 94.2 Å². The van der Waals surface area contributed by atoms with Crippen LogP contribution in [0.3, 0.4) is 0 Å². The van der Waals surface area contributed by atoms with Gasteiger partial charge in [0.2, 0.25) is 17.2 Å². The highest BCUT2D eigenvalue weighted by Crippen LogP contribution is 2.27. The monoisotopic (exact) mass is 606 g/mol. The normalized spacial score (nSPS) is 11.2. The second-order valence-electron chi connectivity index (χ2n) is 9.71. The van der Waals surface area contributed by atoms with E-state index in [1.807, 2.05) is 0 Å². The van der Waals surface area contributed by atoms with Crippen molar-refractivity contribution < 1.29 is 33.0 Å². The molecule has 0 aliphatic heterocycles. The lowest BCUT2D eigenvalue weighted by atomic mass is 10.1. The van der Waals surface area contributed by atoms with Crippen molar-refractivity contribution in [3.8, 4) is 23.0 Å². The van der Waals surface area contributed by atoms with Gasteiger partial charge >= 0.3 is 0 Å². The lowest BCUT2D eigenvalue weighted by Crippen LogP contribution is -2.10. The summed E-state index contributed by atoms with van der Waals surface area (Å²) < 4.78 is 27.1. The van der Waals surface area contributed by atoms with E-state index in [0.29, 0.717) is 56.7 Å². The number of fused-ring (bicyclic) bond motifs is 2. The average Bonchev–Trinajstić information content (AvgIpc) is 3.06. The minimum absolute atomic E-state index is 0.271. The number of benzene rings is 4. The van der Waals surface area contributed by atoms with Crippen molar-refractivity contribution >= 4 is 57.3 Å². The van der Waals surface area contributed by atoms with E-state index in [4.69, 9.17) is 23.4 Å². The maximum Gasteiger partial charge on any atom is 0.248 e. The molecule has 0 bridgehead atoms. The summed E-state index contributed by atoms with van der Waals surface area (Å²) in [5.41, 5.74) is 2.54. The predicted octanol–water partition coefficient (Wildman–Crippen LogP) is 6.28. The Hall–Kier alpha value is -6.03. The van der Waals surface area contributed by atoms with Gasteiger partial charge < -0.3 is 34.0 Å². The van der Waals surface area contributed by atoms with Crippen LogP contribution in [0, 0.1) is 0 Å². The molecule has 5 aromatic rings. The molecule has 1 aromatic heterocycles. The Balaban J connectivity index is 1.35. The topological polar surface area (TPSA) is 125 Å². The number of methoxy groups -OCH3 is 4. The molecule has 10 nitrogen and oxygen atoms in total. The van der Waals surface area contributed by atoms with Crippen molar-refractivity contribution in [2.75, 3.05) is 39.1 Å². The van der Waals surface area contributed by atoms with Gasteiger partial charge in [-0.05, 0) is 84.9 Å². The molecule has 4 aromatic carbocycles. The SMILES string of the molecule is COc1ccc(OC)c(/C=C/C(=O)Nc2ccc3oc4ccc(NC(=O)/C=C/c5cc(OC)ccc5OC)cc4c(=O)c3c2)c1. The smallest absolute Gasteiger partial charge is 0.248 e. The van der Waals surface area contributed by atoms with Gasteiger partial charge in [0.15, 0.2) is 0 Å². The van der Waals surface area contributed by atoms with Gasteiger partial charge in [0.25, 0.3) is 0 Å². The molecule has 1 heterocycles. The number of carbonyl (C=O) groups excluding carboxylic acids is 2. The molecule has 5 rings (SSSR count). The zero-order valence-electron chi connectivity index (χ0n) is 25.0. The van der Waals surface area contributed by atoms with Crippen LogP contribution in [0.25, 0.3) is 34.1 Å². The largest absolute Gasteiger partial charge is 0.497 e. The zero-order valence-corrected chi connectivity index (χ0v) is 25.0. The third-order valence-electron chi connectivity index (χ3n) is 6.91. The second-order valence-corrected chi connectivity index (χ2v) is 9.71. The standard InChI is InChI=1S/C35H30N2O8/c1-41-25-9-13-29(43-3)21(17-25)5-15-33(38)36-23-7-11-31-27(19-23)35(40)28-20-24(8-12-32(28)45-31)37-34(39)16-6-22-18-26(42-2)10-14-30(22)44-4/h5-20H,1-4H3,(H,36,38)(H,37,39)/b15-5+,16-6+. The molecule has 45 heavy (non-hydrogen) atoms. The van der Waals surface area contributed by atoms with Gasteiger partial charge in [-0.3, -0.25) is 14.4 Å². The Labute approximate surface area is 258 Å². The van der Waals surface area contributed by atoms with E-state index in [1.54, 1.807) is 113 Å². The van der Waals surface area contributed by atoms with E-state index in [1.165, 1.54) is 12.2 Å². The molecule has 2 N–H and O–H groups in total. The Kier molecular flexibility index (Phi) is 9.14. The molecule has 2 amide bonds. The molecule has 0 saturated heterocycles. The fourth-order valence-corrected chi connectivity index (χ4v) is 4.65. The van der Waals surface area contributed by atoms with Crippen molar-refractivity contribution in [1.82, 2.24) is 0 Å². The highest BCUT2D eigenvalue weighted by atomic mass is 16.5. The molecule has 0 aliphatic carbocycles. The summed E-state index contributed by atoms with van der Waals surface area (Å²) in [6.07, 6.45) is 5.94. The van der Waals surface area contributed by atoms with E-state index in [0.717, 1.165) is 0 Å². The molecule has 0 unspecified atom stereocenters. The number of hydrogen-bond donors (Lipinski definition) is 2. The van der Waals surface area contributed by atoms with Gasteiger partial charge in [0.1, 0.15) is 34.2 Å². The van der Waals surface area contributed by atoms with Gasteiger partial charge in [-0.15, -0.1) is 0 Å². The number of rotatable bonds is 10. The predicted molar refractivity (Wildman–Crippen MR) is 174 cm³/mol. The first kappa shape index (κ1) is 30.4. The minimum Gasteiger partial charge on any atom is -0.497 e. The van der Waals surface area contributed by atoms with Crippen molar-refractivity contribution in [3.05, 3.63) is 106 Å². The first-order valence-electron chi connectivity index (χ1n) is 13.7. The first-order chi connectivity index (χ1) is 21.8. The highest BCUT2D eigenvalue weighted by Gasteiger charge is 2.12. The Morgan fingerprint density at radius 2 is 1.04 bits per heavy atom. The summed E-state index contributed by atoms with van der Waals surface area (Å²) >= 11 is 0. The minimum atomic E-state index is -0.408. The number of hydrogen-bond acceptors (Lipinski definition) is 8. The summed E-state index contributed by atoms with van der Waals surface area (Å²) in [5.74, 6) is 1.59. The number of ether oxygens (including phenoxy) is 4. The molecule has 0 atom stereocenters. The summed E-state index contributed by atoms with van der Waals surface area (Å²) in [4.78, 5) is 38.9. The van der Waals surface area contributed by atoms with Crippen LogP contribution in [0.5, 0.6) is 23.0 Å². The molecule has 0 fully saturated rings. The molecular weight excluding hydrogens is 576 g/mol. The molecule has 0 spiro atoms. The third-order valence-corrected chi connectivity index (χ3v) is 6.91. The maximum absolute atomic E-state index is 13.5. The summed E-state index contributed by atoms with van der Waals surface area (Å²) in [6, 6.07) is 20.1. The Bertz CT molecular complexity index is 1890. The van der Waals surface area contributed by atoms with E-state index >= 15 is 0 Å². The fraction of sp³-hybridized carbons (Fsp3) is 0.114. The van der Waals surface area contributed by atoms with Crippen LogP contribution in [0.2, 0.25) is 0 Å². The van der Waals surface area contributed by atoms with E-state index in [-0.39, 0.29) is 16.2 Å². The second kappa shape index (κ2) is 13.5. The average molecular weight is 607 g/mol. The van der Waals surface area contributed by atoms with Crippen LogP contribution in [0.1, 0.15) is 11.1 Å². The molecule has 0 radical (unpaired) electrons. The van der Waals surface area contributed by atoms with Crippen LogP contribution >= 0.6 is 0 Å². The fourth-order valence-electron chi connectivity index (χ4n) is 4.65. The van der Waals surface area contributed by atoms with Gasteiger partial charge in [0, 0.05) is 34.7 Å². The van der Waals surface area contributed by atoms with E-state index < -0.39 is 11.8 Å². The van der Waals surface area contributed by atoms with Crippen molar-refractivity contribution in [1.29, 1.82) is 0 Å². The molecule has 0 aliphatic rings. The van der Waals surface area contributed by atoms with Crippen LogP contribution < -0.4 is 35.0 Å². The highest BCUT2D eigenvalue weighted by molar-refractivity contribution is 6.05. The van der Waals surface area contributed by atoms with Gasteiger partial charge in [-0.25, -0.2) is 0 Å². The van der Waals surface area contributed by atoms with Crippen LogP contribution in [0.4, 0.5) is 11.4 Å². The van der Waals surface area contributed by atoms with Crippen molar-refractivity contribution in [3.63, 3.8) is 0 Å². The van der Waals surface area contributed by atoms with E-state index in [9.17, 15) is 14.4 Å². The Morgan fingerprint density at radius 1 is 0.600 bits per heavy atom. The molecule has 228 valence electrons. The Morgan fingerprint density at radius 3 is 1.44 bits per heavy atom. The summed E-state index contributed by atoms with van der Waals surface area (Å²) in [7, 11) is 6.19.